The first-order valence-corrected chi connectivity index (χ1v) is 7.08. The summed E-state index contributed by atoms with van der Waals surface area (Å²) in [4.78, 5) is 0. The Labute approximate surface area is 81.2 Å². The molecule has 80 valence electrons. The van der Waals surface area contributed by atoms with Crippen LogP contribution >= 0.6 is 11.8 Å². The smallest absolute Gasteiger partial charge is 0.277 e. The normalized spacial score (nSPS) is 18.2. The van der Waals surface area contributed by atoms with Crippen LogP contribution in [0.15, 0.2) is 0 Å². The van der Waals surface area contributed by atoms with Gasteiger partial charge in [-0.05, 0) is 13.8 Å². The summed E-state index contributed by atoms with van der Waals surface area (Å²) in [6.07, 6.45) is 0. The van der Waals surface area contributed by atoms with E-state index in [0.717, 1.165) is 13.8 Å². The number of hydrogen-bond acceptors (Lipinski definition) is 5. The van der Waals surface area contributed by atoms with Crippen molar-refractivity contribution in [2.45, 2.75) is 23.0 Å². The third-order valence-electron chi connectivity index (χ3n) is 1.22. The molecule has 0 spiro atoms. The Morgan fingerprint density at radius 2 is 1.15 bits per heavy atom. The van der Waals surface area contributed by atoms with Gasteiger partial charge in [0.15, 0.2) is 0 Å². The van der Waals surface area contributed by atoms with Gasteiger partial charge in [-0.1, -0.05) is 0 Å². The van der Waals surface area contributed by atoms with Gasteiger partial charge in [-0.2, -0.15) is 16.8 Å². The molecule has 0 aromatic rings. The van der Waals surface area contributed by atoms with Gasteiger partial charge in [0.2, 0.25) is 0 Å². The van der Waals surface area contributed by atoms with Gasteiger partial charge < -0.3 is 0 Å². The van der Waals surface area contributed by atoms with Gasteiger partial charge in [0.1, 0.15) is 9.16 Å². The van der Waals surface area contributed by atoms with E-state index >= 15 is 0 Å². The lowest BCUT2D eigenvalue weighted by Gasteiger charge is -2.11. The Morgan fingerprint density at radius 1 is 0.923 bits per heavy atom. The Balaban J connectivity index is 4.50. The molecule has 0 bridgehead atoms. The lowest BCUT2D eigenvalue weighted by molar-refractivity contribution is 0.481. The predicted octanol–water partition coefficient (Wildman–Crippen LogP) is 0.187. The Kier molecular flexibility index (Phi) is 4.19. The topological polar surface area (TPSA) is 109 Å². The van der Waals surface area contributed by atoms with Crippen molar-refractivity contribution in [2.24, 2.45) is 0 Å². The molecule has 0 radical (unpaired) electrons. The highest BCUT2D eigenvalue weighted by atomic mass is 32.3. The maximum atomic E-state index is 10.5. The van der Waals surface area contributed by atoms with Crippen molar-refractivity contribution in [1.82, 2.24) is 0 Å². The first-order valence-electron chi connectivity index (χ1n) is 3.13. The second-order valence-corrected chi connectivity index (χ2v) is 8.06. The summed E-state index contributed by atoms with van der Waals surface area (Å²) in [6, 6.07) is 0. The van der Waals surface area contributed by atoms with Gasteiger partial charge >= 0.3 is 0 Å². The highest BCUT2D eigenvalue weighted by molar-refractivity contribution is 8.18. The summed E-state index contributed by atoms with van der Waals surface area (Å²) in [5.41, 5.74) is 0. The molecule has 2 atom stereocenters. The molecular weight excluding hydrogens is 240 g/mol. The molecule has 0 aliphatic heterocycles. The van der Waals surface area contributed by atoms with Crippen LogP contribution in [-0.4, -0.2) is 35.1 Å². The molecule has 6 nitrogen and oxygen atoms in total. The van der Waals surface area contributed by atoms with Crippen molar-refractivity contribution in [3.8, 4) is 0 Å². The van der Waals surface area contributed by atoms with Crippen LogP contribution in [0.3, 0.4) is 0 Å². The van der Waals surface area contributed by atoms with E-state index in [1.54, 1.807) is 0 Å². The lowest BCUT2D eigenvalue weighted by Crippen LogP contribution is -2.20. The number of rotatable bonds is 4. The summed E-state index contributed by atoms with van der Waals surface area (Å²) in [5, 5.41) is 0. The third kappa shape index (κ3) is 4.81. The molecule has 0 amide bonds. The van der Waals surface area contributed by atoms with Crippen LogP contribution in [0.5, 0.6) is 0 Å². The molecule has 0 aromatic heterocycles. The standard InChI is InChI=1S/C4H10O6S3/c1-3(12(5,6)7)11-4(2)13(8,9)10/h3-4H,1-2H3,(H,5,6,7)(H,8,9,10). The molecule has 2 N–H and O–H groups in total. The first kappa shape index (κ1) is 13.2. The zero-order valence-electron chi connectivity index (χ0n) is 6.91. The van der Waals surface area contributed by atoms with E-state index in [-0.39, 0.29) is 0 Å². The Hall–Kier alpha value is 0.170. The average Bonchev–Trinajstić information content (AvgIpc) is 1.82. The van der Waals surface area contributed by atoms with Crippen molar-refractivity contribution < 1.29 is 25.9 Å². The largest absolute Gasteiger partial charge is 0.285 e. The molecule has 0 aromatic carbocycles. The molecule has 0 aliphatic rings. The van der Waals surface area contributed by atoms with Crippen LogP contribution < -0.4 is 0 Å². The van der Waals surface area contributed by atoms with Crippen molar-refractivity contribution in [3.05, 3.63) is 0 Å². The fourth-order valence-electron chi connectivity index (χ4n) is 0.410. The van der Waals surface area contributed by atoms with Gasteiger partial charge in [-0.25, -0.2) is 0 Å². The molecule has 0 fully saturated rings. The average molecular weight is 250 g/mol. The molecule has 0 saturated heterocycles. The Morgan fingerprint density at radius 3 is 1.31 bits per heavy atom. The molecule has 2 unspecified atom stereocenters. The molecule has 0 saturated carbocycles. The molecule has 0 aliphatic carbocycles. The third-order valence-corrected chi connectivity index (χ3v) is 5.79. The zero-order chi connectivity index (χ0) is 10.9. The lowest BCUT2D eigenvalue weighted by atomic mass is 10.9. The van der Waals surface area contributed by atoms with Crippen LogP contribution in [0.25, 0.3) is 0 Å². The van der Waals surface area contributed by atoms with Crippen LogP contribution in [0.2, 0.25) is 0 Å². The van der Waals surface area contributed by atoms with E-state index < -0.39 is 29.4 Å². The summed E-state index contributed by atoms with van der Waals surface area (Å²) < 4.78 is 56.2. The zero-order valence-corrected chi connectivity index (χ0v) is 9.36. The fraction of sp³-hybridized carbons (Fsp3) is 1.00. The minimum atomic E-state index is -4.27. The highest BCUT2D eigenvalue weighted by Gasteiger charge is 2.26. The van der Waals surface area contributed by atoms with Crippen molar-refractivity contribution >= 4 is 32.0 Å². The minimum Gasteiger partial charge on any atom is -0.285 e. The highest BCUT2D eigenvalue weighted by Crippen LogP contribution is 2.24. The second kappa shape index (κ2) is 4.13. The predicted molar refractivity (Wildman–Crippen MR) is 49.6 cm³/mol. The van der Waals surface area contributed by atoms with Crippen molar-refractivity contribution in [1.29, 1.82) is 0 Å². The van der Waals surface area contributed by atoms with Gasteiger partial charge in [0, 0.05) is 0 Å². The fourth-order valence-corrected chi connectivity index (χ4v) is 3.28. The second-order valence-electron chi connectivity index (χ2n) is 2.30. The Bertz CT molecular complexity index is 317. The maximum absolute atomic E-state index is 10.5. The van der Waals surface area contributed by atoms with E-state index in [9.17, 15) is 16.8 Å². The summed E-state index contributed by atoms with van der Waals surface area (Å²) in [5.74, 6) is 0. The number of thioether (sulfide) groups is 1. The van der Waals surface area contributed by atoms with Gasteiger partial charge in [-0.3, -0.25) is 9.11 Å². The van der Waals surface area contributed by atoms with E-state index in [4.69, 9.17) is 9.11 Å². The molecule has 0 heterocycles. The van der Waals surface area contributed by atoms with E-state index in [1.807, 2.05) is 0 Å². The van der Waals surface area contributed by atoms with Crippen molar-refractivity contribution in [3.63, 3.8) is 0 Å². The van der Waals surface area contributed by atoms with Crippen LogP contribution in [-0.2, 0) is 20.2 Å². The monoisotopic (exact) mass is 250 g/mol. The van der Waals surface area contributed by atoms with Crippen LogP contribution in [0, 0.1) is 0 Å². The van der Waals surface area contributed by atoms with E-state index in [1.165, 1.54) is 0 Å². The van der Waals surface area contributed by atoms with Gasteiger partial charge in [0.25, 0.3) is 20.2 Å². The number of hydrogen-bond donors (Lipinski definition) is 2. The van der Waals surface area contributed by atoms with Crippen LogP contribution in [0.1, 0.15) is 13.8 Å². The summed E-state index contributed by atoms with van der Waals surface area (Å²) >= 11 is 0.437. The van der Waals surface area contributed by atoms with E-state index in [0.29, 0.717) is 11.8 Å². The van der Waals surface area contributed by atoms with Crippen LogP contribution in [0.4, 0.5) is 0 Å². The van der Waals surface area contributed by atoms with Gasteiger partial charge in [0.05, 0.1) is 0 Å². The first-order chi connectivity index (χ1) is 5.55. The maximum Gasteiger partial charge on any atom is 0.277 e. The van der Waals surface area contributed by atoms with E-state index in [2.05, 4.69) is 0 Å². The molecule has 0 rings (SSSR count). The quantitative estimate of drug-likeness (QED) is 0.685. The SMILES string of the molecule is CC(SC(C)S(=O)(=O)O)S(=O)(=O)O. The molecular formula is C4H10O6S3. The van der Waals surface area contributed by atoms with Gasteiger partial charge in [-0.15, -0.1) is 11.8 Å². The molecule has 9 heteroatoms. The summed E-state index contributed by atoms with van der Waals surface area (Å²) in [6.45, 7) is 2.25. The molecule has 13 heavy (non-hydrogen) atoms. The summed E-state index contributed by atoms with van der Waals surface area (Å²) in [7, 11) is -8.54. The van der Waals surface area contributed by atoms with Crippen molar-refractivity contribution in [2.75, 3.05) is 0 Å². The minimum absolute atomic E-state index is 0.437.